The number of urea groups is 1. The van der Waals surface area contributed by atoms with Crippen molar-refractivity contribution >= 4 is 11.7 Å². The number of anilines is 1. The van der Waals surface area contributed by atoms with Crippen molar-refractivity contribution in [1.29, 1.82) is 0 Å². The lowest BCUT2D eigenvalue weighted by Gasteiger charge is -2.14. The zero-order chi connectivity index (χ0) is 16.9. The smallest absolute Gasteiger partial charge is 0.404 e. The number of ether oxygens (including phenoxy) is 1. The maximum atomic E-state index is 12.3. The van der Waals surface area contributed by atoms with E-state index in [4.69, 9.17) is 0 Å². The van der Waals surface area contributed by atoms with Crippen molar-refractivity contribution in [2.24, 2.45) is 0 Å². The van der Waals surface area contributed by atoms with Crippen LogP contribution in [0.25, 0.3) is 0 Å². The second-order valence-corrected chi connectivity index (χ2v) is 4.84. The van der Waals surface area contributed by atoms with Gasteiger partial charge in [-0.15, -0.1) is 13.2 Å². The first-order valence-electron chi connectivity index (χ1n) is 6.79. The number of hydrogen-bond donors (Lipinski definition) is 2. The highest BCUT2D eigenvalue weighted by atomic mass is 19.4. The third kappa shape index (κ3) is 5.54. The first-order chi connectivity index (χ1) is 10.8. The minimum Gasteiger partial charge on any atom is -0.404 e. The number of hydrogen-bond acceptors (Lipinski definition) is 2. The van der Waals surface area contributed by atoms with Crippen molar-refractivity contribution in [3.8, 4) is 5.75 Å². The lowest BCUT2D eigenvalue weighted by atomic mass is 10.1. The van der Waals surface area contributed by atoms with Gasteiger partial charge in [-0.25, -0.2) is 4.79 Å². The summed E-state index contributed by atoms with van der Waals surface area (Å²) in [4.78, 5) is 11.8. The normalized spacial score (nSPS) is 11.0. The van der Waals surface area contributed by atoms with E-state index < -0.39 is 18.1 Å². The number of benzene rings is 2. The highest BCUT2D eigenvalue weighted by Crippen LogP contribution is 2.29. The molecule has 0 atom stereocenters. The summed E-state index contributed by atoms with van der Waals surface area (Å²) in [7, 11) is 0. The molecule has 0 saturated heterocycles. The van der Waals surface area contributed by atoms with Crippen LogP contribution in [0.3, 0.4) is 0 Å². The fraction of sp³-hybridized carbons (Fsp3) is 0.188. The molecule has 4 nitrogen and oxygen atoms in total. The summed E-state index contributed by atoms with van der Waals surface area (Å²) in [5.41, 5.74) is 1.91. The first-order valence-corrected chi connectivity index (χ1v) is 6.79. The minimum absolute atomic E-state index is 0.0637. The van der Waals surface area contributed by atoms with Gasteiger partial charge in [0.2, 0.25) is 0 Å². The summed E-state index contributed by atoms with van der Waals surface area (Å²) in [5, 5.41) is 4.91. The average molecular weight is 324 g/mol. The van der Waals surface area contributed by atoms with Crippen LogP contribution < -0.4 is 15.4 Å². The van der Waals surface area contributed by atoms with Crippen molar-refractivity contribution in [3.05, 3.63) is 59.7 Å². The summed E-state index contributed by atoms with van der Waals surface area (Å²) in [6, 6.07) is 12.2. The van der Waals surface area contributed by atoms with Crippen LogP contribution in [0, 0.1) is 6.92 Å². The quantitative estimate of drug-likeness (QED) is 0.885. The van der Waals surface area contributed by atoms with Gasteiger partial charge in [-0.1, -0.05) is 42.0 Å². The van der Waals surface area contributed by atoms with Crippen LogP contribution >= 0.6 is 0 Å². The molecule has 2 rings (SSSR count). The fourth-order valence-electron chi connectivity index (χ4n) is 1.84. The third-order valence-corrected chi connectivity index (χ3v) is 2.93. The zero-order valence-corrected chi connectivity index (χ0v) is 12.3. The molecule has 0 radical (unpaired) electrons. The molecular formula is C16H15F3N2O2. The second-order valence-electron chi connectivity index (χ2n) is 4.84. The predicted octanol–water partition coefficient (Wildman–Crippen LogP) is 4.22. The first kappa shape index (κ1) is 16.7. The van der Waals surface area contributed by atoms with Gasteiger partial charge in [-0.05, 0) is 24.6 Å². The summed E-state index contributed by atoms with van der Waals surface area (Å²) >= 11 is 0. The van der Waals surface area contributed by atoms with Gasteiger partial charge >= 0.3 is 12.4 Å². The Morgan fingerprint density at radius 1 is 1.09 bits per heavy atom. The van der Waals surface area contributed by atoms with Gasteiger partial charge in [0.15, 0.2) is 5.75 Å². The standard InChI is InChI=1S/C16H15F3N2O2/c1-11-6-8-12(9-7-11)10-20-15(22)21-13-4-2-3-5-14(13)23-16(17,18)19/h2-9H,10H2,1H3,(H2,20,21,22). The van der Waals surface area contributed by atoms with Crippen LogP contribution in [-0.2, 0) is 6.54 Å². The Hall–Kier alpha value is -2.70. The number of rotatable bonds is 4. The van der Waals surface area contributed by atoms with E-state index in [2.05, 4.69) is 15.4 Å². The number of carbonyl (C=O) groups is 1. The molecule has 0 aliphatic rings. The molecule has 0 aromatic heterocycles. The average Bonchev–Trinajstić information content (AvgIpc) is 2.47. The van der Waals surface area contributed by atoms with Gasteiger partial charge in [0, 0.05) is 6.54 Å². The number of halogens is 3. The summed E-state index contributed by atoms with van der Waals surface area (Å²) in [6.45, 7) is 2.20. The Labute approximate surface area is 131 Å². The largest absolute Gasteiger partial charge is 0.573 e. The molecule has 2 aromatic carbocycles. The molecule has 23 heavy (non-hydrogen) atoms. The van der Waals surface area contributed by atoms with Gasteiger partial charge in [0.1, 0.15) is 0 Å². The summed E-state index contributed by atoms with van der Waals surface area (Å²) in [5.74, 6) is -0.467. The Balaban J connectivity index is 1.96. The Bertz CT molecular complexity index is 670. The molecule has 7 heteroatoms. The van der Waals surface area contributed by atoms with Crippen LogP contribution in [-0.4, -0.2) is 12.4 Å². The van der Waals surface area contributed by atoms with E-state index in [1.807, 2.05) is 31.2 Å². The van der Waals surface area contributed by atoms with E-state index in [1.54, 1.807) is 0 Å². The number of carbonyl (C=O) groups excluding carboxylic acids is 1. The molecule has 2 aromatic rings. The monoisotopic (exact) mass is 324 g/mol. The van der Waals surface area contributed by atoms with Crippen molar-refractivity contribution in [1.82, 2.24) is 5.32 Å². The van der Waals surface area contributed by atoms with E-state index in [1.165, 1.54) is 18.2 Å². The molecule has 2 N–H and O–H groups in total. The Morgan fingerprint density at radius 3 is 2.39 bits per heavy atom. The fourth-order valence-corrected chi connectivity index (χ4v) is 1.84. The maximum Gasteiger partial charge on any atom is 0.573 e. The highest BCUT2D eigenvalue weighted by molar-refractivity contribution is 5.90. The Kier molecular flexibility index (Phi) is 5.10. The molecule has 0 saturated carbocycles. The second kappa shape index (κ2) is 7.04. The van der Waals surface area contributed by atoms with E-state index in [9.17, 15) is 18.0 Å². The third-order valence-electron chi connectivity index (χ3n) is 2.93. The molecule has 0 spiro atoms. The molecule has 0 fully saturated rings. The van der Waals surface area contributed by atoms with Crippen LogP contribution in [0.5, 0.6) is 5.75 Å². The molecule has 0 unspecified atom stereocenters. The van der Waals surface area contributed by atoms with Crippen LogP contribution in [0.4, 0.5) is 23.7 Å². The predicted molar refractivity (Wildman–Crippen MR) is 80.2 cm³/mol. The zero-order valence-electron chi connectivity index (χ0n) is 12.3. The lowest BCUT2D eigenvalue weighted by molar-refractivity contribution is -0.274. The van der Waals surface area contributed by atoms with Gasteiger partial charge in [-0.3, -0.25) is 0 Å². The van der Waals surface area contributed by atoms with E-state index in [0.717, 1.165) is 17.2 Å². The summed E-state index contributed by atoms with van der Waals surface area (Å²) in [6.07, 6.45) is -4.82. The van der Waals surface area contributed by atoms with E-state index in [0.29, 0.717) is 0 Å². The minimum atomic E-state index is -4.82. The van der Waals surface area contributed by atoms with E-state index >= 15 is 0 Å². The molecule has 0 aliphatic heterocycles. The summed E-state index contributed by atoms with van der Waals surface area (Å²) < 4.78 is 40.8. The van der Waals surface area contributed by atoms with E-state index in [-0.39, 0.29) is 12.2 Å². The molecule has 0 bridgehead atoms. The molecule has 122 valence electrons. The van der Waals surface area contributed by atoms with Crippen molar-refractivity contribution in [3.63, 3.8) is 0 Å². The van der Waals surface area contributed by atoms with Crippen LogP contribution in [0.2, 0.25) is 0 Å². The van der Waals surface area contributed by atoms with Crippen molar-refractivity contribution in [2.75, 3.05) is 5.32 Å². The molecular weight excluding hydrogens is 309 g/mol. The van der Waals surface area contributed by atoms with Crippen LogP contribution in [0.15, 0.2) is 48.5 Å². The van der Waals surface area contributed by atoms with Gasteiger partial charge in [0.05, 0.1) is 5.69 Å². The molecule has 2 amide bonds. The number of alkyl halides is 3. The SMILES string of the molecule is Cc1ccc(CNC(=O)Nc2ccccc2OC(F)(F)F)cc1. The molecule has 0 heterocycles. The van der Waals surface area contributed by atoms with Gasteiger partial charge in [0.25, 0.3) is 0 Å². The van der Waals surface area contributed by atoms with Crippen LogP contribution in [0.1, 0.15) is 11.1 Å². The lowest BCUT2D eigenvalue weighted by Crippen LogP contribution is -2.28. The topological polar surface area (TPSA) is 50.4 Å². The number of para-hydroxylation sites is 2. The maximum absolute atomic E-state index is 12.3. The van der Waals surface area contributed by atoms with Gasteiger partial charge < -0.3 is 15.4 Å². The van der Waals surface area contributed by atoms with Gasteiger partial charge in [-0.2, -0.15) is 0 Å². The number of amides is 2. The number of nitrogens with one attached hydrogen (secondary N) is 2. The highest BCUT2D eigenvalue weighted by Gasteiger charge is 2.32. The van der Waals surface area contributed by atoms with Crippen molar-refractivity contribution in [2.45, 2.75) is 19.8 Å². The van der Waals surface area contributed by atoms with Crippen molar-refractivity contribution < 1.29 is 22.7 Å². The Morgan fingerprint density at radius 2 is 1.74 bits per heavy atom. The number of aryl methyl sites for hydroxylation is 1. The molecule has 0 aliphatic carbocycles.